The molecule has 0 aromatic carbocycles. The molecule has 0 aliphatic carbocycles. The predicted octanol–water partition coefficient (Wildman–Crippen LogP) is 0.767. The minimum atomic E-state index is 0.258. The van der Waals surface area contributed by atoms with Crippen LogP contribution in [0.5, 0.6) is 0 Å². The summed E-state index contributed by atoms with van der Waals surface area (Å²) in [4.78, 5) is 13.7. The summed E-state index contributed by atoms with van der Waals surface area (Å²) >= 11 is 0. The van der Waals surface area contributed by atoms with Crippen LogP contribution >= 0.6 is 0 Å². The van der Waals surface area contributed by atoms with Crippen molar-refractivity contribution in [2.24, 2.45) is 0 Å². The summed E-state index contributed by atoms with van der Waals surface area (Å²) in [6, 6.07) is 0.616. The van der Waals surface area contributed by atoms with Gasteiger partial charge in [0.25, 0.3) is 0 Å². The lowest BCUT2D eigenvalue weighted by Gasteiger charge is -2.27. The van der Waals surface area contributed by atoms with Crippen LogP contribution in [0.1, 0.15) is 32.1 Å². The minimum Gasteiger partial charge on any atom is -0.379 e. The molecule has 2 fully saturated rings. The van der Waals surface area contributed by atoms with Gasteiger partial charge in [-0.05, 0) is 25.8 Å². The van der Waals surface area contributed by atoms with Gasteiger partial charge in [-0.25, -0.2) is 0 Å². The smallest absolute Gasteiger partial charge is 0.224 e. The standard InChI is InChI=1S/C12H22N2O2/c15-12-5-9-16-10-8-14(12)7-4-11-3-1-2-6-13-11/h11,13H,1-10H2. The molecule has 0 aromatic heterocycles. The first-order valence-corrected chi connectivity index (χ1v) is 6.45. The van der Waals surface area contributed by atoms with Gasteiger partial charge in [-0.2, -0.15) is 0 Å². The molecule has 0 spiro atoms. The minimum absolute atomic E-state index is 0.258. The van der Waals surface area contributed by atoms with Crippen molar-refractivity contribution >= 4 is 5.91 Å². The molecule has 2 aliphatic heterocycles. The average molecular weight is 226 g/mol. The van der Waals surface area contributed by atoms with Crippen LogP contribution in [0.3, 0.4) is 0 Å². The second kappa shape index (κ2) is 6.21. The normalized spacial score (nSPS) is 27.9. The van der Waals surface area contributed by atoms with Crippen molar-refractivity contribution in [3.05, 3.63) is 0 Å². The largest absolute Gasteiger partial charge is 0.379 e. The lowest BCUT2D eigenvalue weighted by Crippen LogP contribution is -2.39. The van der Waals surface area contributed by atoms with Gasteiger partial charge in [0.05, 0.1) is 19.6 Å². The van der Waals surface area contributed by atoms with Crippen molar-refractivity contribution in [2.75, 3.05) is 32.8 Å². The predicted molar refractivity (Wildman–Crippen MR) is 62.3 cm³/mol. The number of ether oxygens (including phenoxy) is 1. The summed E-state index contributed by atoms with van der Waals surface area (Å²) in [6.07, 6.45) is 5.53. The van der Waals surface area contributed by atoms with Gasteiger partial charge in [0, 0.05) is 19.1 Å². The SMILES string of the molecule is O=C1CCOCCN1CCC1CCCCN1. The topological polar surface area (TPSA) is 41.6 Å². The molecule has 0 bridgehead atoms. The van der Waals surface area contributed by atoms with E-state index in [1.54, 1.807) is 0 Å². The van der Waals surface area contributed by atoms with Crippen molar-refractivity contribution in [2.45, 2.75) is 38.1 Å². The van der Waals surface area contributed by atoms with Crippen LogP contribution in [-0.2, 0) is 9.53 Å². The number of hydrogen-bond acceptors (Lipinski definition) is 3. The van der Waals surface area contributed by atoms with Gasteiger partial charge >= 0.3 is 0 Å². The molecule has 2 heterocycles. The van der Waals surface area contributed by atoms with Gasteiger partial charge in [0.2, 0.25) is 5.91 Å². The zero-order chi connectivity index (χ0) is 11.2. The van der Waals surface area contributed by atoms with Crippen LogP contribution in [0.4, 0.5) is 0 Å². The number of carbonyl (C=O) groups is 1. The Morgan fingerprint density at radius 1 is 1.38 bits per heavy atom. The third kappa shape index (κ3) is 3.46. The Labute approximate surface area is 97.3 Å². The highest BCUT2D eigenvalue weighted by atomic mass is 16.5. The molecule has 92 valence electrons. The molecule has 0 radical (unpaired) electrons. The highest BCUT2D eigenvalue weighted by molar-refractivity contribution is 5.76. The lowest BCUT2D eigenvalue weighted by molar-refractivity contribution is -0.130. The number of hydrogen-bond donors (Lipinski definition) is 1. The first kappa shape index (κ1) is 11.9. The van der Waals surface area contributed by atoms with E-state index in [0.717, 1.165) is 26.1 Å². The summed E-state index contributed by atoms with van der Waals surface area (Å²) in [6.45, 7) is 4.09. The van der Waals surface area contributed by atoms with E-state index in [1.807, 2.05) is 4.90 Å². The van der Waals surface area contributed by atoms with E-state index in [4.69, 9.17) is 4.74 Å². The number of amides is 1. The molecule has 16 heavy (non-hydrogen) atoms. The third-order valence-electron chi connectivity index (χ3n) is 3.48. The molecule has 0 saturated carbocycles. The Bertz CT molecular complexity index is 227. The Morgan fingerprint density at radius 3 is 3.12 bits per heavy atom. The number of rotatable bonds is 3. The molecule has 1 N–H and O–H groups in total. The molecule has 1 unspecified atom stereocenters. The molecular weight excluding hydrogens is 204 g/mol. The van der Waals surface area contributed by atoms with Gasteiger partial charge in [-0.15, -0.1) is 0 Å². The van der Waals surface area contributed by atoms with Gasteiger partial charge in [0.15, 0.2) is 0 Å². The molecule has 1 atom stereocenters. The number of piperidine rings is 1. The highest BCUT2D eigenvalue weighted by Crippen LogP contribution is 2.11. The molecule has 4 nitrogen and oxygen atoms in total. The number of carbonyl (C=O) groups excluding carboxylic acids is 1. The van der Waals surface area contributed by atoms with Crippen molar-refractivity contribution in [1.29, 1.82) is 0 Å². The van der Waals surface area contributed by atoms with Gasteiger partial charge in [-0.1, -0.05) is 6.42 Å². The van der Waals surface area contributed by atoms with Crippen molar-refractivity contribution in [3.8, 4) is 0 Å². The lowest BCUT2D eigenvalue weighted by atomic mass is 10.0. The summed E-state index contributed by atoms with van der Waals surface area (Å²) in [5.41, 5.74) is 0. The zero-order valence-corrected chi connectivity index (χ0v) is 9.91. The monoisotopic (exact) mass is 226 g/mol. The Hall–Kier alpha value is -0.610. The average Bonchev–Trinajstić information content (AvgIpc) is 2.53. The second-order valence-electron chi connectivity index (χ2n) is 4.68. The van der Waals surface area contributed by atoms with E-state index >= 15 is 0 Å². The Kier molecular flexibility index (Phi) is 4.60. The van der Waals surface area contributed by atoms with Crippen LogP contribution in [0, 0.1) is 0 Å². The van der Waals surface area contributed by atoms with E-state index in [0.29, 0.717) is 25.7 Å². The van der Waals surface area contributed by atoms with Crippen LogP contribution in [0.25, 0.3) is 0 Å². The number of nitrogens with one attached hydrogen (secondary N) is 1. The highest BCUT2D eigenvalue weighted by Gasteiger charge is 2.19. The summed E-state index contributed by atoms with van der Waals surface area (Å²) in [5, 5.41) is 3.52. The third-order valence-corrected chi connectivity index (χ3v) is 3.48. The fourth-order valence-electron chi connectivity index (χ4n) is 2.44. The summed E-state index contributed by atoms with van der Waals surface area (Å²) in [7, 11) is 0. The first-order valence-electron chi connectivity index (χ1n) is 6.45. The quantitative estimate of drug-likeness (QED) is 0.773. The second-order valence-corrected chi connectivity index (χ2v) is 4.68. The maximum atomic E-state index is 11.7. The van der Waals surface area contributed by atoms with Crippen molar-refractivity contribution in [1.82, 2.24) is 10.2 Å². The molecule has 0 aromatic rings. The molecule has 2 rings (SSSR count). The van der Waals surface area contributed by atoms with Crippen LogP contribution in [0.2, 0.25) is 0 Å². The van der Waals surface area contributed by atoms with Crippen LogP contribution in [0.15, 0.2) is 0 Å². The molecule has 1 amide bonds. The molecule has 2 aliphatic rings. The van der Waals surface area contributed by atoms with E-state index in [1.165, 1.54) is 19.3 Å². The van der Waals surface area contributed by atoms with Gasteiger partial charge < -0.3 is 15.0 Å². The van der Waals surface area contributed by atoms with Crippen molar-refractivity contribution < 1.29 is 9.53 Å². The Balaban J connectivity index is 1.72. The van der Waals surface area contributed by atoms with E-state index < -0.39 is 0 Å². The number of nitrogens with zero attached hydrogens (tertiary/aromatic N) is 1. The summed E-state index contributed by atoms with van der Waals surface area (Å²) in [5.74, 6) is 0.258. The zero-order valence-electron chi connectivity index (χ0n) is 9.91. The van der Waals surface area contributed by atoms with Crippen LogP contribution in [-0.4, -0.2) is 49.7 Å². The van der Waals surface area contributed by atoms with Crippen LogP contribution < -0.4 is 5.32 Å². The maximum Gasteiger partial charge on any atom is 0.224 e. The van der Waals surface area contributed by atoms with Crippen molar-refractivity contribution in [3.63, 3.8) is 0 Å². The van der Waals surface area contributed by atoms with E-state index in [-0.39, 0.29) is 5.91 Å². The fraction of sp³-hybridized carbons (Fsp3) is 0.917. The van der Waals surface area contributed by atoms with Gasteiger partial charge in [0.1, 0.15) is 0 Å². The fourth-order valence-corrected chi connectivity index (χ4v) is 2.44. The molecular formula is C12H22N2O2. The Morgan fingerprint density at radius 2 is 2.31 bits per heavy atom. The maximum absolute atomic E-state index is 11.7. The van der Waals surface area contributed by atoms with E-state index in [2.05, 4.69) is 5.32 Å². The molecule has 4 heteroatoms. The first-order chi connectivity index (χ1) is 7.86. The molecule has 2 saturated heterocycles. The van der Waals surface area contributed by atoms with Gasteiger partial charge in [-0.3, -0.25) is 4.79 Å². The van der Waals surface area contributed by atoms with E-state index in [9.17, 15) is 4.79 Å². The summed E-state index contributed by atoms with van der Waals surface area (Å²) < 4.78 is 5.31.